The summed E-state index contributed by atoms with van der Waals surface area (Å²) in [5.74, 6) is 0.639. The van der Waals surface area contributed by atoms with E-state index in [2.05, 4.69) is 0 Å². The maximum atomic E-state index is 9.96. The van der Waals surface area contributed by atoms with Crippen molar-refractivity contribution in [3.05, 3.63) is 24.3 Å². The second kappa shape index (κ2) is 23.3. The van der Waals surface area contributed by atoms with Crippen LogP contribution in [-0.2, 0) is 19.2 Å². The number of ketones is 4. The molecule has 0 amide bonds. The molecule has 0 spiro atoms. The van der Waals surface area contributed by atoms with Gasteiger partial charge in [-0.2, -0.15) is 0 Å². The van der Waals surface area contributed by atoms with Gasteiger partial charge in [0, 0.05) is 6.42 Å². The highest BCUT2D eigenvalue weighted by Gasteiger charge is 1.77. The van der Waals surface area contributed by atoms with Crippen molar-refractivity contribution in [3.63, 3.8) is 0 Å². The molecule has 0 aliphatic heterocycles. The minimum atomic E-state index is 0.109. The van der Waals surface area contributed by atoms with Crippen LogP contribution in [-0.4, -0.2) is 23.1 Å². The van der Waals surface area contributed by atoms with Crippen molar-refractivity contribution < 1.29 is 19.2 Å². The van der Waals surface area contributed by atoms with Gasteiger partial charge in [-0.15, -0.1) is 0 Å². The van der Waals surface area contributed by atoms with Gasteiger partial charge in [0.1, 0.15) is 11.6 Å². The molecule has 0 rings (SSSR count). The van der Waals surface area contributed by atoms with Crippen LogP contribution < -0.4 is 0 Å². The van der Waals surface area contributed by atoms with Crippen molar-refractivity contribution in [2.24, 2.45) is 0 Å². The lowest BCUT2D eigenvalue weighted by molar-refractivity contribution is -0.117. The minimum absolute atomic E-state index is 0.109. The molecular formula is C17H30O4. The second-order valence-electron chi connectivity index (χ2n) is 4.19. The molecule has 0 aromatic rings. The lowest BCUT2D eigenvalue weighted by Gasteiger charge is -1.71. The Bertz CT molecular complexity index is 324. The zero-order chi connectivity index (χ0) is 17.8. The lowest BCUT2D eigenvalue weighted by atomic mass is 10.4. The summed E-state index contributed by atoms with van der Waals surface area (Å²) in [7, 11) is 0. The van der Waals surface area contributed by atoms with E-state index in [1.165, 1.54) is 39.8 Å². The molecule has 0 radical (unpaired) electrons. The van der Waals surface area contributed by atoms with Crippen LogP contribution in [0, 0.1) is 0 Å². The standard InChI is InChI=1S/2C5H8O.C4H8O.C3H6O/c2*1-3-4-5(2)6;1-3-4(2)5;1-3(2)4/h2*3-4H,1-2H3;3H2,1-2H3;1-2H3/b2*4-3+;;. The lowest BCUT2D eigenvalue weighted by Crippen LogP contribution is -1.80. The Morgan fingerprint density at radius 3 is 0.905 bits per heavy atom. The summed E-state index contributed by atoms with van der Waals surface area (Å²) in [5, 5.41) is 0. The number of hydrogen-bond donors (Lipinski definition) is 0. The summed E-state index contributed by atoms with van der Waals surface area (Å²) in [6, 6.07) is 0. The zero-order valence-electron chi connectivity index (χ0n) is 14.6. The quantitative estimate of drug-likeness (QED) is 0.741. The van der Waals surface area contributed by atoms with Crippen molar-refractivity contribution in [1.29, 1.82) is 0 Å². The van der Waals surface area contributed by atoms with E-state index in [0.29, 0.717) is 6.42 Å². The third-order valence-corrected chi connectivity index (χ3v) is 1.30. The predicted octanol–water partition coefficient (Wildman–Crippen LogP) is 3.88. The Labute approximate surface area is 129 Å². The largest absolute Gasteiger partial charge is 0.300 e. The average molecular weight is 298 g/mol. The van der Waals surface area contributed by atoms with E-state index in [4.69, 9.17) is 0 Å². The predicted molar refractivity (Wildman–Crippen MR) is 88.3 cm³/mol. The topological polar surface area (TPSA) is 68.3 Å². The van der Waals surface area contributed by atoms with E-state index < -0.39 is 0 Å². The van der Waals surface area contributed by atoms with Gasteiger partial charge in [-0.1, -0.05) is 19.1 Å². The first kappa shape index (κ1) is 27.5. The molecule has 0 aromatic carbocycles. The maximum Gasteiger partial charge on any atom is 0.152 e. The van der Waals surface area contributed by atoms with E-state index in [1.54, 1.807) is 19.1 Å². The van der Waals surface area contributed by atoms with Crippen LogP contribution in [0.25, 0.3) is 0 Å². The maximum absolute atomic E-state index is 9.96. The molecule has 21 heavy (non-hydrogen) atoms. The monoisotopic (exact) mass is 298 g/mol. The summed E-state index contributed by atoms with van der Waals surface area (Å²) in [4.78, 5) is 39.2. The Hall–Kier alpha value is -1.84. The molecule has 0 atom stereocenters. The molecule has 0 fully saturated rings. The number of rotatable bonds is 3. The highest BCUT2D eigenvalue weighted by atomic mass is 16.1. The molecule has 0 aromatic heterocycles. The molecule has 122 valence electrons. The SMILES string of the molecule is C/C=C/C(C)=O.C/C=C/C(C)=O.CC(C)=O.CCC(C)=O. The van der Waals surface area contributed by atoms with Gasteiger partial charge in [0.2, 0.25) is 0 Å². The van der Waals surface area contributed by atoms with E-state index in [1.807, 2.05) is 20.8 Å². The van der Waals surface area contributed by atoms with Crippen LogP contribution in [0.2, 0.25) is 0 Å². The molecule has 0 bridgehead atoms. The van der Waals surface area contributed by atoms with Crippen molar-refractivity contribution in [2.75, 3.05) is 0 Å². The fourth-order valence-electron chi connectivity index (χ4n) is 0.469. The fourth-order valence-corrected chi connectivity index (χ4v) is 0.469. The summed E-state index contributed by atoms with van der Waals surface area (Å²) in [5.41, 5.74) is 0. The summed E-state index contributed by atoms with van der Waals surface area (Å²) < 4.78 is 0. The first-order valence-corrected chi connectivity index (χ1v) is 6.78. The van der Waals surface area contributed by atoms with Gasteiger partial charge in [-0.3, -0.25) is 9.59 Å². The molecule has 4 nitrogen and oxygen atoms in total. The second-order valence-corrected chi connectivity index (χ2v) is 4.19. The van der Waals surface area contributed by atoms with Crippen molar-refractivity contribution in [1.82, 2.24) is 0 Å². The first-order chi connectivity index (χ1) is 9.54. The molecule has 0 aliphatic rings. The molecule has 0 aliphatic carbocycles. The van der Waals surface area contributed by atoms with Crippen molar-refractivity contribution in [2.45, 2.75) is 61.8 Å². The van der Waals surface area contributed by atoms with Crippen molar-refractivity contribution >= 4 is 23.1 Å². The van der Waals surface area contributed by atoms with Gasteiger partial charge in [0.25, 0.3) is 0 Å². The van der Waals surface area contributed by atoms with Gasteiger partial charge in [-0.25, -0.2) is 0 Å². The number of hydrogen-bond acceptors (Lipinski definition) is 4. The summed E-state index contributed by atoms with van der Waals surface area (Å²) in [6.07, 6.45) is 7.17. The van der Waals surface area contributed by atoms with E-state index in [9.17, 15) is 19.2 Å². The highest BCUT2D eigenvalue weighted by Crippen LogP contribution is 1.71. The average Bonchev–Trinajstić information content (AvgIpc) is 2.29. The van der Waals surface area contributed by atoms with Crippen LogP contribution in [0.3, 0.4) is 0 Å². The third-order valence-electron chi connectivity index (χ3n) is 1.30. The molecule has 0 saturated carbocycles. The molecule has 4 heteroatoms. The van der Waals surface area contributed by atoms with Gasteiger partial charge in [0.05, 0.1) is 0 Å². The Balaban J connectivity index is -0.0000000929. The Morgan fingerprint density at radius 2 is 0.905 bits per heavy atom. The normalized spacial score (nSPS) is 8.57. The molecule has 0 N–H and O–H groups in total. The summed E-state index contributed by atoms with van der Waals surface area (Å²) in [6.45, 7) is 13.2. The van der Waals surface area contributed by atoms with Gasteiger partial charge >= 0.3 is 0 Å². The number of carbonyl (C=O) groups is 4. The van der Waals surface area contributed by atoms with Crippen molar-refractivity contribution in [3.8, 4) is 0 Å². The highest BCUT2D eigenvalue weighted by molar-refractivity contribution is 5.87. The number of Topliss-reactive ketones (excluding diaryl/α,β-unsaturated/α-hetero) is 2. The fraction of sp³-hybridized carbons (Fsp3) is 0.529. The first-order valence-electron chi connectivity index (χ1n) is 6.78. The van der Waals surface area contributed by atoms with Crippen LogP contribution in [0.5, 0.6) is 0 Å². The van der Waals surface area contributed by atoms with Crippen LogP contribution in [0.15, 0.2) is 24.3 Å². The number of carbonyl (C=O) groups excluding carboxylic acids is 4. The molecule has 0 unspecified atom stereocenters. The molecular weight excluding hydrogens is 268 g/mol. The Morgan fingerprint density at radius 1 is 0.714 bits per heavy atom. The number of allylic oxidation sites excluding steroid dienone is 4. The molecule has 0 saturated heterocycles. The minimum Gasteiger partial charge on any atom is -0.300 e. The molecule has 0 heterocycles. The zero-order valence-corrected chi connectivity index (χ0v) is 14.6. The Kier molecular flexibility index (Phi) is 30.5. The van der Waals surface area contributed by atoms with Crippen LogP contribution in [0.4, 0.5) is 0 Å². The van der Waals surface area contributed by atoms with E-state index >= 15 is 0 Å². The third kappa shape index (κ3) is 125. The van der Waals surface area contributed by atoms with E-state index in [0.717, 1.165) is 0 Å². The van der Waals surface area contributed by atoms with E-state index in [-0.39, 0.29) is 23.1 Å². The smallest absolute Gasteiger partial charge is 0.152 e. The van der Waals surface area contributed by atoms with Gasteiger partial charge in [-0.05, 0) is 60.6 Å². The van der Waals surface area contributed by atoms with Gasteiger partial charge < -0.3 is 9.59 Å². The summed E-state index contributed by atoms with van der Waals surface area (Å²) >= 11 is 0. The van der Waals surface area contributed by atoms with Gasteiger partial charge in [0.15, 0.2) is 11.6 Å². The van der Waals surface area contributed by atoms with Crippen LogP contribution >= 0.6 is 0 Å². The van der Waals surface area contributed by atoms with Crippen LogP contribution in [0.1, 0.15) is 61.8 Å².